The van der Waals surface area contributed by atoms with Gasteiger partial charge in [-0.1, -0.05) is 29.3 Å². The van der Waals surface area contributed by atoms with Crippen LogP contribution in [-0.4, -0.2) is 33.3 Å². The van der Waals surface area contributed by atoms with Crippen LogP contribution in [0.2, 0.25) is 10.0 Å². The predicted molar refractivity (Wildman–Crippen MR) is 91.7 cm³/mol. The summed E-state index contributed by atoms with van der Waals surface area (Å²) in [5.41, 5.74) is 0.586. The highest BCUT2D eigenvalue weighted by Gasteiger charge is 2.17. The summed E-state index contributed by atoms with van der Waals surface area (Å²) in [4.78, 5) is 13.2. The number of sulfonamides is 1. The summed E-state index contributed by atoms with van der Waals surface area (Å²) in [7, 11) is -0.592. The SMILES string of the molecule is CN(C)C(=O)c1ccc(S(=O)(=O)Nc2cccc(Cl)c2Cl)cc1. The van der Waals surface area contributed by atoms with E-state index in [-0.39, 0.29) is 26.5 Å². The Morgan fingerprint density at radius 1 is 1.04 bits per heavy atom. The topological polar surface area (TPSA) is 66.5 Å². The maximum atomic E-state index is 12.4. The van der Waals surface area contributed by atoms with Crippen LogP contribution in [0.25, 0.3) is 0 Å². The number of nitrogens with one attached hydrogen (secondary N) is 1. The third kappa shape index (κ3) is 3.96. The highest BCUT2D eigenvalue weighted by atomic mass is 35.5. The van der Waals surface area contributed by atoms with Gasteiger partial charge in [0.2, 0.25) is 0 Å². The fraction of sp³-hybridized carbons (Fsp3) is 0.133. The lowest BCUT2D eigenvalue weighted by Gasteiger charge is -2.12. The van der Waals surface area contributed by atoms with Crippen LogP contribution in [-0.2, 0) is 10.0 Å². The third-order valence-corrected chi connectivity index (χ3v) is 5.21. The number of anilines is 1. The lowest BCUT2D eigenvalue weighted by Crippen LogP contribution is -2.21. The number of rotatable bonds is 4. The minimum absolute atomic E-state index is 0.0175. The summed E-state index contributed by atoms with van der Waals surface area (Å²) in [6, 6.07) is 10.3. The molecular weight excluding hydrogens is 359 g/mol. The van der Waals surface area contributed by atoms with Gasteiger partial charge in [0.15, 0.2) is 0 Å². The Morgan fingerprint density at radius 2 is 1.65 bits per heavy atom. The molecule has 0 aliphatic rings. The molecule has 5 nitrogen and oxygen atoms in total. The Kier molecular flexibility index (Phi) is 5.19. The molecule has 0 saturated heterocycles. The molecule has 0 unspecified atom stereocenters. The standard InChI is InChI=1S/C15H14Cl2N2O3S/c1-19(2)15(20)10-6-8-11(9-7-10)23(21,22)18-13-5-3-4-12(16)14(13)17/h3-9,18H,1-2H3. The molecule has 1 N–H and O–H groups in total. The van der Waals surface area contributed by atoms with Crippen molar-refractivity contribution in [2.45, 2.75) is 4.90 Å². The van der Waals surface area contributed by atoms with Crippen LogP contribution in [0, 0.1) is 0 Å². The van der Waals surface area contributed by atoms with Gasteiger partial charge < -0.3 is 4.90 Å². The number of carbonyl (C=O) groups is 1. The predicted octanol–water partition coefficient (Wildman–Crippen LogP) is 3.50. The highest BCUT2D eigenvalue weighted by molar-refractivity contribution is 7.92. The number of amides is 1. The Labute approximate surface area is 144 Å². The van der Waals surface area contributed by atoms with E-state index in [2.05, 4.69) is 4.72 Å². The summed E-state index contributed by atoms with van der Waals surface area (Å²) in [5, 5.41) is 0.371. The number of carbonyl (C=O) groups excluding carboxylic acids is 1. The molecule has 0 bridgehead atoms. The van der Waals surface area contributed by atoms with Crippen LogP contribution in [0.1, 0.15) is 10.4 Å². The smallest absolute Gasteiger partial charge is 0.261 e. The van der Waals surface area contributed by atoms with E-state index in [1.54, 1.807) is 26.2 Å². The first-order valence-corrected chi connectivity index (χ1v) is 8.75. The maximum absolute atomic E-state index is 12.4. The van der Waals surface area contributed by atoms with E-state index in [0.717, 1.165) is 0 Å². The molecule has 0 aliphatic heterocycles. The Morgan fingerprint density at radius 3 is 2.22 bits per heavy atom. The first kappa shape index (κ1) is 17.6. The molecule has 0 saturated carbocycles. The van der Waals surface area contributed by atoms with Gasteiger partial charge in [-0.05, 0) is 36.4 Å². The van der Waals surface area contributed by atoms with Gasteiger partial charge in [-0.2, -0.15) is 0 Å². The monoisotopic (exact) mass is 372 g/mol. The lowest BCUT2D eigenvalue weighted by molar-refractivity contribution is 0.0827. The highest BCUT2D eigenvalue weighted by Crippen LogP contribution is 2.31. The normalized spacial score (nSPS) is 11.1. The van der Waals surface area contributed by atoms with E-state index in [1.807, 2.05) is 0 Å². The largest absolute Gasteiger partial charge is 0.345 e. The van der Waals surface area contributed by atoms with Gasteiger partial charge in [0.25, 0.3) is 15.9 Å². The second-order valence-corrected chi connectivity index (χ2v) is 7.40. The van der Waals surface area contributed by atoms with Gasteiger partial charge in [0.05, 0.1) is 20.6 Å². The first-order valence-electron chi connectivity index (χ1n) is 6.51. The Bertz CT molecular complexity index is 834. The van der Waals surface area contributed by atoms with Crippen molar-refractivity contribution in [1.29, 1.82) is 0 Å². The van der Waals surface area contributed by atoms with Crippen LogP contribution in [0.15, 0.2) is 47.4 Å². The second kappa shape index (κ2) is 6.78. The van der Waals surface area contributed by atoms with E-state index < -0.39 is 10.0 Å². The molecule has 2 rings (SSSR count). The van der Waals surface area contributed by atoms with Crippen molar-refractivity contribution >= 4 is 44.8 Å². The molecule has 2 aromatic carbocycles. The number of benzene rings is 2. The zero-order chi connectivity index (χ0) is 17.2. The molecule has 0 spiro atoms. The van der Waals surface area contributed by atoms with E-state index in [4.69, 9.17) is 23.2 Å². The number of halogens is 2. The van der Waals surface area contributed by atoms with Gasteiger partial charge in [0, 0.05) is 19.7 Å². The van der Waals surface area contributed by atoms with Gasteiger partial charge in [-0.3, -0.25) is 9.52 Å². The van der Waals surface area contributed by atoms with E-state index in [1.165, 1.54) is 35.2 Å². The molecule has 23 heavy (non-hydrogen) atoms. The summed E-state index contributed by atoms with van der Waals surface area (Å²) >= 11 is 11.8. The molecule has 0 fully saturated rings. The zero-order valence-electron chi connectivity index (χ0n) is 12.4. The average molecular weight is 373 g/mol. The van der Waals surface area contributed by atoms with Crippen molar-refractivity contribution in [3.63, 3.8) is 0 Å². The van der Waals surface area contributed by atoms with Gasteiger partial charge in [-0.15, -0.1) is 0 Å². The van der Waals surface area contributed by atoms with Crippen molar-refractivity contribution in [2.75, 3.05) is 18.8 Å². The third-order valence-electron chi connectivity index (χ3n) is 3.01. The van der Waals surface area contributed by atoms with E-state index in [0.29, 0.717) is 5.56 Å². The van der Waals surface area contributed by atoms with Crippen LogP contribution in [0.3, 0.4) is 0 Å². The molecule has 1 amide bonds. The van der Waals surface area contributed by atoms with Crippen molar-refractivity contribution in [3.8, 4) is 0 Å². The molecule has 0 radical (unpaired) electrons. The number of hydrogen-bond donors (Lipinski definition) is 1. The van der Waals surface area contributed by atoms with Crippen LogP contribution < -0.4 is 4.72 Å². The maximum Gasteiger partial charge on any atom is 0.261 e. The van der Waals surface area contributed by atoms with Gasteiger partial charge in [0.1, 0.15) is 0 Å². The summed E-state index contributed by atoms with van der Waals surface area (Å²) in [5.74, 6) is -0.209. The quantitative estimate of drug-likeness (QED) is 0.892. The second-order valence-electron chi connectivity index (χ2n) is 4.93. The molecule has 0 atom stereocenters. The molecule has 0 aromatic heterocycles. The van der Waals surface area contributed by atoms with E-state index >= 15 is 0 Å². The van der Waals surface area contributed by atoms with Crippen molar-refractivity contribution in [1.82, 2.24) is 4.90 Å². The van der Waals surface area contributed by atoms with Crippen LogP contribution in [0.4, 0.5) is 5.69 Å². The molecule has 122 valence electrons. The minimum Gasteiger partial charge on any atom is -0.345 e. The van der Waals surface area contributed by atoms with E-state index in [9.17, 15) is 13.2 Å². The summed E-state index contributed by atoms with van der Waals surface area (Å²) < 4.78 is 27.1. The molecule has 0 heterocycles. The fourth-order valence-electron chi connectivity index (χ4n) is 1.82. The minimum atomic E-state index is -3.83. The van der Waals surface area contributed by atoms with Crippen molar-refractivity contribution in [2.24, 2.45) is 0 Å². The number of nitrogens with zero attached hydrogens (tertiary/aromatic N) is 1. The fourth-order valence-corrected chi connectivity index (χ4v) is 3.30. The van der Waals surface area contributed by atoms with Crippen molar-refractivity contribution in [3.05, 3.63) is 58.1 Å². The van der Waals surface area contributed by atoms with Crippen LogP contribution in [0.5, 0.6) is 0 Å². The Hall–Kier alpha value is -1.76. The molecular formula is C15H14Cl2N2O3S. The average Bonchev–Trinajstić information content (AvgIpc) is 2.51. The zero-order valence-corrected chi connectivity index (χ0v) is 14.7. The summed E-state index contributed by atoms with van der Waals surface area (Å²) in [6.45, 7) is 0. The summed E-state index contributed by atoms with van der Waals surface area (Å²) in [6.07, 6.45) is 0. The Balaban J connectivity index is 2.30. The van der Waals surface area contributed by atoms with Crippen LogP contribution >= 0.6 is 23.2 Å². The van der Waals surface area contributed by atoms with Gasteiger partial charge in [-0.25, -0.2) is 8.42 Å². The first-order chi connectivity index (χ1) is 10.7. The number of hydrogen-bond acceptors (Lipinski definition) is 3. The lowest BCUT2D eigenvalue weighted by atomic mass is 10.2. The molecule has 2 aromatic rings. The van der Waals surface area contributed by atoms with Crippen molar-refractivity contribution < 1.29 is 13.2 Å². The molecule has 0 aliphatic carbocycles. The molecule has 8 heteroatoms. The van der Waals surface area contributed by atoms with Gasteiger partial charge >= 0.3 is 0 Å².